The van der Waals surface area contributed by atoms with Crippen molar-refractivity contribution in [3.05, 3.63) is 0 Å². The Bertz CT molecular complexity index is 191. The molecule has 0 aromatic heterocycles. The van der Waals surface area contributed by atoms with E-state index in [2.05, 4.69) is 24.5 Å². The molecule has 1 rings (SSSR count). The van der Waals surface area contributed by atoms with E-state index in [4.69, 9.17) is 0 Å². The summed E-state index contributed by atoms with van der Waals surface area (Å²) in [5.74, 6) is 0. The van der Waals surface area contributed by atoms with Gasteiger partial charge in [0.15, 0.2) is 0 Å². The van der Waals surface area contributed by atoms with Crippen LogP contribution >= 0.6 is 0 Å². The van der Waals surface area contributed by atoms with E-state index < -0.39 is 0 Å². The van der Waals surface area contributed by atoms with Gasteiger partial charge in [0.1, 0.15) is 0 Å². The van der Waals surface area contributed by atoms with Gasteiger partial charge < -0.3 is 10.6 Å². The van der Waals surface area contributed by atoms with Crippen molar-refractivity contribution in [3.63, 3.8) is 0 Å². The lowest BCUT2D eigenvalue weighted by atomic mass is 9.76. The first kappa shape index (κ1) is 11.3. The van der Waals surface area contributed by atoms with Crippen LogP contribution in [0.2, 0.25) is 0 Å². The summed E-state index contributed by atoms with van der Waals surface area (Å²) in [6.45, 7) is 7.23. The molecule has 0 saturated heterocycles. The van der Waals surface area contributed by atoms with E-state index in [0.717, 1.165) is 12.8 Å². The third kappa shape index (κ3) is 3.56. The molecule has 0 atom stereocenters. The van der Waals surface area contributed by atoms with E-state index in [9.17, 15) is 4.79 Å². The smallest absolute Gasteiger partial charge is 0.314 e. The van der Waals surface area contributed by atoms with Crippen molar-refractivity contribution in [2.24, 2.45) is 5.41 Å². The van der Waals surface area contributed by atoms with E-state index in [-0.39, 0.29) is 6.03 Å². The SMILES string of the molecule is CCNC(=O)NC1CCC(C)(C)CC1. The summed E-state index contributed by atoms with van der Waals surface area (Å²) >= 11 is 0. The van der Waals surface area contributed by atoms with Crippen molar-refractivity contribution in [2.45, 2.75) is 52.5 Å². The maximum absolute atomic E-state index is 11.3. The highest BCUT2D eigenvalue weighted by Crippen LogP contribution is 2.34. The Hall–Kier alpha value is -0.730. The van der Waals surface area contributed by atoms with Crippen molar-refractivity contribution in [1.29, 1.82) is 0 Å². The average molecular weight is 198 g/mol. The number of hydrogen-bond donors (Lipinski definition) is 2. The number of carbonyl (C=O) groups excluding carboxylic acids is 1. The van der Waals surface area contributed by atoms with Crippen molar-refractivity contribution < 1.29 is 4.79 Å². The summed E-state index contributed by atoms with van der Waals surface area (Å²) in [5.41, 5.74) is 0.472. The Morgan fingerprint density at radius 3 is 2.43 bits per heavy atom. The Kier molecular flexibility index (Phi) is 3.78. The molecule has 0 aliphatic heterocycles. The molecule has 0 aromatic carbocycles. The van der Waals surface area contributed by atoms with Gasteiger partial charge in [-0.05, 0) is 38.0 Å². The minimum Gasteiger partial charge on any atom is -0.338 e. The van der Waals surface area contributed by atoms with E-state index in [1.54, 1.807) is 0 Å². The maximum Gasteiger partial charge on any atom is 0.314 e. The largest absolute Gasteiger partial charge is 0.338 e. The zero-order valence-electron chi connectivity index (χ0n) is 9.52. The predicted octanol–water partition coefficient (Wildman–Crippen LogP) is 2.27. The summed E-state index contributed by atoms with van der Waals surface area (Å²) in [4.78, 5) is 11.3. The van der Waals surface area contributed by atoms with Crippen LogP contribution in [0.5, 0.6) is 0 Å². The third-order valence-electron chi connectivity index (χ3n) is 3.01. The molecule has 82 valence electrons. The van der Waals surface area contributed by atoms with E-state index in [1.807, 2.05) is 6.92 Å². The van der Waals surface area contributed by atoms with Crippen LogP contribution < -0.4 is 10.6 Å². The molecule has 0 bridgehead atoms. The van der Waals surface area contributed by atoms with Crippen molar-refractivity contribution in [2.75, 3.05) is 6.54 Å². The van der Waals surface area contributed by atoms with Crippen molar-refractivity contribution >= 4 is 6.03 Å². The number of hydrogen-bond acceptors (Lipinski definition) is 1. The second kappa shape index (κ2) is 4.67. The van der Waals surface area contributed by atoms with Crippen LogP contribution in [0.4, 0.5) is 4.79 Å². The Morgan fingerprint density at radius 2 is 1.93 bits per heavy atom. The number of rotatable bonds is 2. The summed E-state index contributed by atoms with van der Waals surface area (Å²) in [7, 11) is 0. The first-order chi connectivity index (χ1) is 6.53. The molecule has 3 nitrogen and oxygen atoms in total. The highest BCUT2D eigenvalue weighted by molar-refractivity contribution is 5.74. The molecule has 1 aliphatic carbocycles. The van der Waals surface area contributed by atoms with Gasteiger partial charge in [-0.15, -0.1) is 0 Å². The lowest BCUT2D eigenvalue weighted by Gasteiger charge is -2.34. The van der Waals surface area contributed by atoms with Gasteiger partial charge in [-0.3, -0.25) is 0 Å². The van der Waals surface area contributed by atoms with Gasteiger partial charge in [-0.25, -0.2) is 4.79 Å². The number of urea groups is 1. The van der Waals surface area contributed by atoms with Gasteiger partial charge in [0, 0.05) is 12.6 Å². The van der Waals surface area contributed by atoms with Crippen LogP contribution in [-0.2, 0) is 0 Å². The zero-order valence-corrected chi connectivity index (χ0v) is 9.52. The van der Waals surface area contributed by atoms with Gasteiger partial charge >= 0.3 is 6.03 Å². The molecule has 0 unspecified atom stereocenters. The molecule has 2 N–H and O–H groups in total. The molecule has 14 heavy (non-hydrogen) atoms. The first-order valence-corrected chi connectivity index (χ1v) is 5.58. The van der Waals surface area contributed by atoms with Crippen LogP contribution in [0.15, 0.2) is 0 Å². The molecule has 0 spiro atoms. The van der Waals surface area contributed by atoms with E-state index in [0.29, 0.717) is 18.0 Å². The Labute approximate surface area is 86.6 Å². The zero-order chi connectivity index (χ0) is 10.6. The standard InChI is InChI=1S/C11H22N2O/c1-4-12-10(14)13-9-5-7-11(2,3)8-6-9/h9H,4-8H2,1-3H3,(H2,12,13,14). The van der Waals surface area contributed by atoms with Crippen LogP contribution in [-0.4, -0.2) is 18.6 Å². The summed E-state index contributed by atoms with van der Waals surface area (Å²) in [5, 5.41) is 5.77. The van der Waals surface area contributed by atoms with Crippen molar-refractivity contribution in [1.82, 2.24) is 10.6 Å². The lowest BCUT2D eigenvalue weighted by molar-refractivity contribution is 0.198. The van der Waals surface area contributed by atoms with Crippen LogP contribution in [0.1, 0.15) is 46.5 Å². The normalized spacial score (nSPS) is 21.6. The molecule has 1 saturated carbocycles. The fraction of sp³-hybridized carbons (Fsp3) is 0.909. The summed E-state index contributed by atoms with van der Waals surface area (Å²) in [6.07, 6.45) is 4.66. The molecule has 2 amide bonds. The number of nitrogens with one attached hydrogen (secondary N) is 2. The van der Waals surface area contributed by atoms with Crippen LogP contribution in [0.3, 0.4) is 0 Å². The van der Waals surface area contributed by atoms with E-state index >= 15 is 0 Å². The topological polar surface area (TPSA) is 41.1 Å². The molecule has 3 heteroatoms. The average Bonchev–Trinajstić information content (AvgIpc) is 2.09. The highest BCUT2D eigenvalue weighted by atomic mass is 16.2. The first-order valence-electron chi connectivity index (χ1n) is 5.58. The van der Waals surface area contributed by atoms with Crippen molar-refractivity contribution in [3.8, 4) is 0 Å². The monoisotopic (exact) mass is 198 g/mol. The molecular weight excluding hydrogens is 176 g/mol. The van der Waals surface area contributed by atoms with Gasteiger partial charge in [-0.1, -0.05) is 13.8 Å². The number of amides is 2. The molecule has 0 radical (unpaired) electrons. The molecule has 1 fully saturated rings. The number of carbonyl (C=O) groups is 1. The maximum atomic E-state index is 11.3. The molecule has 0 heterocycles. The summed E-state index contributed by atoms with van der Waals surface area (Å²) in [6, 6.07) is 0.367. The minimum atomic E-state index is -0.0165. The summed E-state index contributed by atoms with van der Waals surface area (Å²) < 4.78 is 0. The van der Waals surface area contributed by atoms with Crippen LogP contribution in [0.25, 0.3) is 0 Å². The van der Waals surface area contributed by atoms with Crippen LogP contribution in [0, 0.1) is 5.41 Å². The van der Waals surface area contributed by atoms with Gasteiger partial charge in [0.2, 0.25) is 0 Å². The highest BCUT2D eigenvalue weighted by Gasteiger charge is 2.27. The molecule has 0 aromatic rings. The third-order valence-corrected chi connectivity index (χ3v) is 3.01. The lowest BCUT2D eigenvalue weighted by Crippen LogP contribution is -2.44. The molecule has 1 aliphatic rings. The molecular formula is C11H22N2O. The second-order valence-corrected chi connectivity index (χ2v) is 4.94. The van der Waals surface area contributed by atoms with E-state index in [1.165, 1.54) is 12.8 Å². The predicted molar refractivity (Wildman–Crippen MR) is 58.2 cm³/mol. The fourth-order valence-corrected chi connectivity index (χ4v) is 1.94. The minimum absolute atomic E-state index is 0.0165. The quantitative estimate of drug-likeness (QED) is 0.702. The Morgan fingerprint density at radius 1 is 1.36 bits per heavy atom. The Balaban J connectivity index is 2.25. The van der Waals surface area contributed by atoms with Gasteiger partial charge in [0.25, 0.3) is 0 Å². The van der Waals surface area contributed by atoms with Gasteiger partial charge in [-0.2, -0.15) is 0 Å². The fourth-order valence-electron chi connectivity index (χ4n) is 1.94. The second-order valence-electron chi connectivity index (χ2n) is 4.94. The van der Waals surface area contributed by atoms with Gasteiger partial charge in [0.05, 0.1) is 0 Å².